The van der Waals surface area contributed by atoms with E-state index in [0.29, 0.717) is 12.2 Å². The maximum Gasteiger partial charge on any atom is 0.326 e. The van der Waals surface area contributed by atoms with E-state index in [1.807, 2.05) is 6.92 Å². The second kappa shape index (κ2) is 5.16. The maximum absolute atomic E-state index is 12.3. The van der Waals surface area contributed by atoms with Crippen LogP contribution < -0.4 is 0 Å². The van der Waals surface area contributed by atoms with Crippen LogP contribution in [0, 0.1) is 5.92 Å². The molecule has 2 unspecified atom stereocenters. The number of carbonyl (C=O) groups is 2. The molecule has 5 heteroatoms. The Labute approximate surface area is 105 Å². The van der Waals surface area contributed by atoms with Crippen molar-refractivity contribution in [1.82, 2.24) is 9.88 Å². The number of piperidine rings is 1. The van der Waals surface area contributed by atoms with Crippen LogP contribution in [0.15, 0.2) is 24.4 Å². The predicted octanol–water partition coefficient (Wildman–Crippen LogP) is 1.41. The van der Waals surface area contributed by atoms with Gasteiger partial charge < -0.3 is 10.0 Å². The zero-order valence-electron chi connectivity index (χ0n) is 10.2. The molecular formula is C13H16N2O3. The van der Waals surface area contributed by atoms with E-state index < -0.39 is 12.0 Å². The second-order valence-electron chi connectivity index (χ2n) is 4.62. The quantitative estimate of drug-likeness (QED) is 0.859. The summed E-state index contributed by atoms with van der Waals surface area (Å²) in [5.74, 6) is -1.26. The van der Waals surface area contributed by atoms with E-state index in [4.69, 9.17) is 0 Å². The lowest BCUT2D eigenvalue weighted by molar-refractivity contribution is -0.145. The number of carbonyl (C=O) groups excluding carboxylic acids is 1. The molecule has 5 nitrogen and oxygen atoms in total. The van der Waals surface area contributed by atoms with Crippen molar-refractivity contribution in [3.63, 3.8) is 0 Å². The van der Waals surface area contributed by atoms with Crippen molar-refractivity contribution >= 4 is 11.9 Å². The Balaban J connectivity index is 2.25. The lowest BCUT2D eigenvalue weighted by Gasteiger charge is -2.37. The summed E-state index contributed by atoms with van der Waals surface area (Å²) in [6, 6.07) is 4.32. The topological polar surface area (TPSA) is 70.5 Å². The second-order valence-corrected chi connectivity index (χ2v) is 4.62. The van der Waals surface area contributed by atoms with Crippen LogP contribution in [0.1, 0.15) is 30.3 Å². The minimum Gasteiger partial charge on any atom is -0.480 e. The summed E-state index contributed by atoms with van der Waals surface area (Å²) >= 11 is 0. The first-order chi connectivity index (χ1) is 8.61. The van der Waals surface area contributed by atoms with Crippen molar-refractivity contribution in [1.29, 1.82) is 0 Å². The van der Waals surface area contributed by atoms with Gasteiger partial charge in [-0.1, -0.05) is 13.0 Å². The number of carboxylic acids is 1. The van der Waals surface area contributed by atoms with Crippen LogP contribution in [-0.2, 0) is 4.79 Å². The SMILES string of the molecule is CC1CCCN(C(=O)c2ccccn2)C1C(=O)O. The average molecular weight is 248 g/mol. The number of amides is 1. The van der Waals surface area contributed by atoms with Gasteiger partial charge in [0.15, 0.2) is 0 Å². The number of nitrogens with zero attached hydrogens (tertiary/aromatic N) is 2. The number of rotatable bonds is 2. The van der Waals surface area contributed by atoms with Gasteiger partial charge in [-0.2, -0.15) is 0 Å². The van der Waals surface area contributed by atoms with Crippen LogP contribution in [0.25, 0.3) is 0 Å². The molecule has 0 radical (unpaired) electrons. The molecule has 1 aromatic heterocycles. The third kappa shape index (κ3) is 2.34. The zero-order valence-corrected chi connectivity index (χ0v) is 10.2. The molecule has 0 aromatic carbocycles. The average Bonchev–Trinajstić information content (AvgIpc) is 2.38. The molecule has 0 bridgehead atoms. The van der Waals surface area contributed by atoms with Crippen LogP contribution in [0.2, 0.25) is 0 Å². The van der Waals surface area contributed by atoms with Gasteiger partial charge in [0.1, 0.15) is 11.7 Å². The first-order valence-corrected chi connectivity index (χ1v) is 6.06. The number of hydrogen-bond acceptors (Lipinski definition) is 3. The van der Waals surface area contributed by atoms with Crippen LogP contribution >= 0.6 is 0 Å². The van der Waals surface area contributed by atoms with E-state index in [0.717, 1.165) is 12.8 Å². The van der Waals surface area contributed by atoms with E-state index in [-0.39, 0.29) is 11.8 Å². The molecule has 2 heterocycles. The molecule has 18 heavy (non-hydrogen) atoms. The number of pyridine rings is 1. The lowest BCUT2D eigenvalue weighted by atomic mass is 9.90. The van der Waals surface area contributed by atoms with Crippen LogP contribution in [-0.4, -0.2) is 39.5 Å². The van der Waals surface area contributed by atoms with E-state index in [2.05, 4.69) is 4.98 Å². The van der Waals surface area contributed by atoms with Gasteiger partial charge in [-0.05, 0) is 30.9 Å². The molecule has 96 valence electrons. The Kier molecular flexibility index (Phi) is 3.60. The lowest BCUT2D eigenvalue weighted by Crippen LogP contribution is -2.52. The van der Waals surface area contributed by atoms with Crippen molar-refractivity contribution in [3.8, 4) is 0 Å². The molecule has 1 N–H and O–H groups in total. The maximum atomic E-state index is 12.3. The molecule has 1 aromatic rings. The summed E-state index contributed by atoms with van der Waals surface area (Å²) in [4.78, 5) is 29.0. The number of aliphatic carboxylic acids is 1. The fourth-order valence-corrected chi connectivity index (χ4v) is 2.43. The van der Waals surface area contributed by atoms with Gasteiger partial charge in [-0.3, -0.25) is 9.78 Å². The minimum atomic E-state index is -0.938. The molecule has 1 aliphatic heterocycles. The van der Waals surface area contributed by atoms with Crippen LogP contribution in [0.5, 0.6) is 0 Å². The first-order valence-electron chi connectivity index (χ1n) is 6.06. The molecule has 1 saturated heterocycles. The minimum absolute atomic E-state index is 0.0242. The van der Waals surface area contributed by atoms with Gasteiger partial charge in [-0.15, -0.1) is 0 Å². The Morgan fingerprint density at radius 1 is 1.44 bits per heavy atom. The van der Waals surface area contributed by atoms with Gasteiger partial charge >= 0.3 is 5.97 Å². The molecule has 1 amide bonds. The highest BCUT2D eigenvalue weighted by atomic mass is 16.4. The number of aromatic nitrogens is 1. The summed E-state index contributed by atoms with van der Waals surface area (Å²) in [7, 11) is 0. The standard InChI is InChI=1S/C13H16N2O3/c1-9-5-4-8-15(11(9)13(17)18)12(16)10-6-2-3-7-14-10/h2-3,6-7,9,11H,4-5,8H2,1H3,(H,17,18). The van der Waals surface area contributed by atoms with Gasteiger partial charge in [0.25, 0.3) is 5.91 Å². The van der Waals surface area contributed by atoms with Crippen LogP contribution in [0.4, 0.5) is 0 Å². The molecule has 1 aliphatic rings. The smallest absolute Gasteiger partial charge is 0.326 e. The summed E-state index contributed by atoms with van der Waals surface area (Å²) in [5, 5.41) is 9.26. The Hall–Kier alpha value is -1.91. The molecule has 0 spiro atoms. The van der Waals surface area contributed by atoms with Crippen molar-refractivity contribution < 1.29 is 14.7 Å². The van der Waals surface area contributed by atoms with Gasteiger partial charge in [0.2, 0.25) is 0 Å². The van der Waals surface area contributed by atoms with Gasteiger partial charge in [0, 0.05) is 12.7 Å². The summed E-state index contributed by atoms with van der Waals surface area (Å²) < 4.78 is 0. The molecular weight excluding hydrogens is 232 g/mol. The van der Waals surface area contributed by atoms with E-state index in [1.165, 1.54) is 11.1 Å². The molecule has 2 atom stereocenters. The summed E-state index contributed by atoms with van der Waals surface area (Å²) in [6.07, 6.45) is 3.21. The van der Waals surface area contributed by atoms with Gasteiger partial charge in [-0.25, -0.2) is 4.79 Å². The zero-order chi connectivity index (χ0) is 13.1. The van der Waals surface area contributed by atoms with Gasteiger partial charge in [0.05, 0.1) is 0 Å². The van der Waals surface area contributed by atoms with E-state index >= 15 is 0 Å². The third-order valence-electron chi connectivity index (χ3n) is 3.33. The molecule has 0 saturated carbocycles. The summed E-state index contributed by atoms with van der Waals surface area (Å²) in [6.45, 7) is 2.35. The van der Waals surface area contributed by atoms with Crippen molar-refractivity contribution in [2.24, 2.45) is 5.92 Å². The highest BCUT2D eigenvalue weighted by Gasteiger charge is 2.37. The Morgan fingerprint density at radius 3 is 2.83 bits per heavy atom. The normalized spacial score (nSPS) is 23.7. The van der Waals surface area contributed by atoms with E-state index in [9.17, 15) is 14.7 Å². The number of likely N-dealkylation sites (tertiary alicyclic amines) is 1. The monoisotopic (exact) mass is 248 g/mol. The fourth-order valence-electron chi connectivity index (χ4n) is 2.43. The third-order valence-corrected chi connectivity index (χ3v) is 3.33. The van der Waals surface area contributed by atoms with E-state index in [1.54, 1.807) is 18.2 Å². The fraction of sp³-hybridized carbons (Fsp3) is 0.462. The first kappa shape index (κ1) is 12.5. The molecule has 0 aliphatic carbocycles. The van der Waals surface area contributed by atoms with Crippen molar-refractivity contribution in [3.05, 3.63) is 30.1 Å². The summed E-state index contributed by atoms with van der Waals surface area (Å²) in [5.41, 5.74) is 0.304. The molecule has 2 rings (SSSR count). The Bertz CT molecular complexity index is 447. The highest BCUT2D eigenvalue weighted by molar-refractivity contribution is 5.95. The van der Waals surface area contributed by atoms with Crippen molar-refractivity contribution in [2.75, 3.05) is 6.54 Å². The highest BCUT2D eigenvalue weighted by Crippen LogP contribution is 2.24. The number of carboxylic acid groups (broad SMARTS) is 1. The largest absolute Gasteiger partial charge is 0.480 e. The Morgan fingerprint density at radius 2 is 2.22 bits per heavy atom. The molecule has 1 fully saturated rings. The van der Waals surface area contributed by atoms with Crippen molar-refractivity contribution in [2.45, 2.75) is 25.8 Å². The van der Waals surface area contributed by atoms with Crippen LogP contribution in [0.3, 0.4) is 0 Å². The predicted molar refractivity (Wildman–Crippen MR) is 65.1 cm³/mol. The number of hydrogen-bond donors (Lipinski definition) is 1.